The number of ether oxygens (including phenoxy) is 1. The molecule has 1 fully saturated rings. The molecule has 1 N–H and O–H groups in total. The van der Waals surface area contributed by atoms with E-state index in [0.717, 1.165) is 25.0 Å². The predicted molar refractivity (Wildman–Crippen MR) is 86.1 cm³/mol. The van der Waals surface area contributed by atoms with Crippen molar-refractivity contribution in [2.45, 2.75) is 49.7 Å². The Labute approximate surface area is 131 Å². The van der Waals surface area contributed by atoms with Crippen LogP contribution in [0, 0.1) is 5.92 Å². The molecule has 0 bridgehead atoms. The van der Waals surface area contributed by atoms with E-state index in [1.54, 1.807) is 11.8 Å². The average Bonchev–Trinajstić information content (AvgIpc) is 2.68. The van der Waals surface area contributed by atoms with Crippen LogP contribution in [-0.2, 0) is 15.3 Å². The standard InChI is InChI=1S/C17H24O3S/c1-2-20-17(19)16-14(18)10-6-7-11-15(16)21-12-13-8-4-3-5-9-13/h3-5,8-9,14-16,18H,2,6-7,10-12H2,1H3/t14-,15-,16-/m0/s1. The summed E-state index contributed by atoms with van der Waals surface area (Å²) < 4.78 is 5.18. The molecule has 1 aromatic rings. The highest BCUT2D eigenvalue weighted by molar-refractivity contribution is 7.99. The van der Waals surface area contributed by atoms with Crippen molar-refractivity contribution in [2.24, 2.45) is 5.92 Å². The van der Waals surface area contributed by atoms with Gasteiger partial charge in [0.2, 0.25) is 0 Å². The van der Waals surface area contributed by atoms with Gasteiger partial charge < -0.3 is 9.84 Å². The van der Waals surface area contributed by atoms with Gasteiger partial charge in [0.15, 0.2) is 0 Å². The average molecular weight is 308 g/mol. The van der Waals surface area contributed by atoms with Gasteiger partial charge >= 0.3 is 5.97 Å². The third kappa shape index (κ3) is 4.75. The normalized spacial score (nSPS) is 26.1. The highest BCUT2D eigenvalue weighted by atomic mass is 32.2. The molecule has 0 heterocycles. The first kappa shape index (κ1) is 16.4. The molecule has 1 aliphatic rings. The largest absolute Gasteiger partial charge is 0.466 e. The van der Waals surface area contributed by atoms with E-state index in [2.05, 4.69) is 12.1 Å². The Bertz CT molecular complexity index is 435. The molecule has 1 aliphatic carbocycles. The molecular weight excluding hydrogens is 284 g/mol. The van der Waals surface area contributed by atoms with E-state index in [0.29, 0.717) is 13.0 Å². The van der Waals surface area contributed by atoms with Gasteiger partial charge in [-0.05, 0) is 25.3 Å². The number of thioether (sulfide) groups is 1. The van der Waals surface area contributed by atoms with Crippen LogP contribution in [0.1, 0.15) is 38.2 Å². The highest BCUT2D eigenvalue weighted by Crippen LogP contribution is 2.35. The third-order valence-corrected chi connectivity index (χ3v) is 5.38. The first-order valence-electron chi connectivity index (χ1n) is 7.72. The fourth-order valence-electron chi connectivity index (χ4n) is 2.82. The molecule has 0 aliphatic heterocycles. The van der Waals surface area contributed by atoms with Gasteiger partial charge in [0.05, 0.1) is 18.6 Å². The van der Waals surface area contributed by atoms with Crippen LogP contribution in [0.2, 0.25) is 0 Å². The molecule has 0 amide bonds. The van der Waals surface area contributed by atoms with Crippen LogP contribution in [0.3, 0.4) is 0 Å². The van der Waals surface area contributed by atoms with Crippen LogP contribution < -0.4 is 0 Å². The summed E-state index contributed by atoms with van der Waals surface area (Å²) in [7, 11) is 0. The summed E-state index contributed by atoms with van der Waals surface area (Å²) in [5, 5.41) is 10.4. The maximum absolute atomic E-state index is 12.2. The van der Waals surface area contributed by atoms with Crippen molar-refractivity contribution in [3.63, 3.8) is 0 Å². The van der Waals surface area contributed by atoms with Crippen molar-refractivity contribution in [1.29, 1.82) is 0 Å². The van der Waals surface area contributed by atoms with Gasteiger partial charge in [-0.25, -0.2) is 0 Å². The maximum Gasteiger partial charge on any atom is 0.312 e. The van der Waals surface area contributed by atoms with Crippen LogP contribution in [-0.4, -0.2) is 29.0 Å². The van der Waals surface area contributed by atoms with Gasteiger partial charge in [-0.15, -0.1) is 0 Å². The van der Waals surface area contributed by atoms with E-state index >= 15 is 0 Å². The van der Waals surface area contributed by atoms with Gasteiger partial charge in [-0.2, -0.15) is 11.8 Å². The monoisotopic (exact) mass is 308 g/mol. The third-order valence-electron chi connectivity index (χ3n) is 3.92. The van der Waals surface area contributed by atoms with Crippen molar-refractivity contribution < 1.29 is 14.6 Å². The van der Waals surface area contributed by atoms with Gasteiger partial charge in [0, 0.05) is 11.0 Å². The zero-order valence-corrected chi connectivity index (χ0v) is 13.3. The van der Waals surface area contributed by atoms with E-state index in [1.165, 1.54) is 5.56 Å². The molecule has 0 radical (unpaired) electrons. The number of aliphatic hydroxyl groups is 1. The van der Waals surface area contributed by atoms with Crippen LogP contribution in [0.25, 0.3) is 0 Å². The van der Waals surface area contributed by atoms with Gasteiger partial charge in [0.25, 0.3) is 0 Å². The smallest absolute Gasteiger partial charge is 0.312 e. The Balaban J connectivity index is 2.03. The van der Waals surface area contributed by atoms with Gasteiger partial charge in [-0.3, -0.25) is 4.79 Å². The first-order chi connectivity index (χ1) is 10.2. The fourth-order valence-corrected chi connectivity index (χ4v) is 4.25. The van der Waals surface area contributed by atoms with E-state index < -0.39 is 6.10 Å². The van der Waals surface area contributed by atoms with Crippen LogP contribution >= 0.6 is 11.8 Å². The minimum Gasteiger partial charge on any atom is -0.466 e. The lowest BCUT2D eigenvalue weighted by molar-refractivity contribution is -0.151. The summed E-state index contributed by atoms with van der Waals surface area (Å²) in [6.07, 6.45) is 3.16. The molecule has 0 unspecified atom stereocenters. The van der Waals surface area contributed by atoms with E-state index in [1.807, 2.05) is 25.1 Å². The Morgan fingerprint density at radius 3 is 2.71 bits per heavy atom. The lowest BCUT2D eigenvalue weighted by Crippen LogP contribution is -2.36. The van der Waals surface area contributed by atoms with Crippen LogP contribution in [0.5, 0.6) is 0 Å². The van der Waals surface area contributed by atoms with E-state index in [-0.39, 0.29) is 17.1 Å². The Hall–Kier alpha value is -1.00. The summed E-state index contributed by atoms with van der Waals surface area (Å²) in [6, 6.07) is 10.3. The molecular formula is C17H24O3S. The predicted octanol–water partition coefficient (Wildman–Crippen LogP) is 3.40. The minimum atomic E-state index is -0.570. The van der Waals surface area contributed by atoms with Crippen LogP contribution in [0.15, 0.2) is 30.3 Å². The van der Waals surface area contributed by atoms with Crippen molar-refractivity contribution >= 4 is 17.7 Å². The summed E-state index contributed by atoms with van der Waals surface area (Å²) in [5.74, 6) is 0.243. The van der Waals surface area contributed by atoms with E-state index in [4.69, 9.17) is 4.74 Å². The second kappa shape index (κ2) is 8.44. The fraction of sp³-hybridized carbons (Fsp3) is 0.588. The molecule has 2 rings (SSSR count). The van der Waals surface area contributed by atoms with Crippen LogP contribution in [0.4, 0.5) is 0 Å². The number of hydrogen-bond donors (Lipinski definition) is 1. The molecule has 0 saturated heterocycles. The second-order valence-corrected chi connectivity index (χ2v) is 6.69. The first-order valence-corrected chi connectivity index (χ1v) is 8.77. The zero-order chi connectivity index (χ0) is 15.1. The van der Waals surface area contributed by atoms with Crippen molar-refractivity contribution in [3.05, 3.63) is 35.9 Å². The molecule has 1 aromatic carbocycles. The molecule has 21 heavy (non-hydrogen) atoms. The number of carbonyl (C=O) groups is 1. The molecule has 116 valence electrons. The lowest BCUT2D eigenvalue weighted by Gasteiger charge is -2.26. The Kier molecular flexibility index (Phi) is 6.58. The maximum atomic E-state index is 12.2. The summed E-state index contributed by atoms with van der Waals surface area (Å²) in [6.45, 7) is 2.19. The SMILES string of the molecule is CCOC(=O)[C@@H]1[C@@H](SCc2ccccc2)CCCC[C@@H]1O. The Morgan fingerprint density at radius 1 is 1.29 bits per heavy atom. The number of benzene rings is 1. The number of aliphatic hydroxyl groups excluding tert-OH is 1. The number of hydrogen-bond acceptors (Lipinski definition) is 4. The van der Waals surface area contributed by atoms with Crippen molar-refractivity contribution in [3.8, 4) is 0 Å². The summed E-state index contributed by atoms with van der Waals surface area (Å²) >= 11 is 1.77. The van der Waals surface area contributed by atoms with Crippen molar-refractivity contribution in [1.82, 2.24) is 0 Å². The quantitative estimate of drug-likeness (QED) is 0.669. The molecule has 4 heteroatoms. The molecule has 1 saturated carbocycles. The van der Waals surface area contributed by atoms with Crippen molar-refractivity contribution in [2.75, 3.05) is 6.61 Å². The second-order valence-electron chi connectivity index (χ2n) is 5.46. The Morgan fingerprint density at radius 2 is 2.00 bits per heavy atom. The topological polar surface area (TPSA) is 46.5 Å². The number of esters is 1. The van der Waals surface area contributed by atoms with Gasteiger partial charge in [0.1, 0.15) is 0 Å². The number of rotatable bonds is 5. The molecule has 0 aromatic heterocycles. The van der Waals surface area contributed by atoms with Gasteiger partial charge in [-0.1, -0.05) is 43.2 Å². The molecule has 0 spiro atoms. The minimum absolute atomic E-state index is 0.141. The summed E-state index contributed by atoms with van der Waals surface area (Å²) in [4.78, 5) is 12.2. The van der Waals surface area contributed by atoms with E-state index in [9.17, 15) is 9.90 Å². The summed E-state index contributed by atoms with van der Waals surface area (Å²) in [5.41, 5.74) is 1.25. The number of carbonyl (C=O) groups excluding carboxylic acids is 1. The zero-order valence-electron chi connectivity index (χ0n) is 12.5. The molecule has 3 atom stereocenters. The lowest BCUT2D eigenvalue weighted by atomic mass is 9.97. The highest BCUT2D eigenvalue weighted by Gasteiger charge is 2.37. The molecule has 3 nitrogen and oxygen atoms in total.